The van der Waals surface area contributed by atoms with Gasteiger partial charge < -0.3 is 14.5 Å². The zero-order chi connectivity index (χ0) is 13.9. The van der Waals surface area contributed by atoms with Gasteiger partial charge in [0.25, 0.3) is 0 Å². The first-order valence-electron chi connectivity index (χ1n) is 7.95. The van der Waals surface area contributed by atoms with Gasteiger partial charge in [0.05, 0.1) is 12.6 Å². The minimum absolute atomic E-state index is 0.124. The normalized spacial score (nSPS) is 31.4. The molecule has 3 aliphatic heterocycles. The average molecular weight is 280 g/mol. The van der Waals surface area contributed by atoms with E-state index in [1.54, 1.807) is 9.80 Å². The van der Waals surface area contributed by atoms with Gasteiger partial charge in [-0.1, -0.05) is 0 Å². The van der Waals surface area contributed by atoms with Gasteiger partial charge in [-0.05, 0) is 44.9 Å². The van der Waals surface area contributed by atoms with E-state index in [9.17, 15) is 9.59 Å². The van der Waals surface area contributed by atoms with Gasteiger partial charge in [-0.2, -0.15) is 0 Å². The maximum absolute atomic E-state index is 12.5. The first-order chi connectivity index (χ1) is 9.75. The van der Waals surface area contributed by atoms with Crippen molar-refractivity contribution in [2.45, 2.75) is 57.1 Å². The Morgan fingerprint density at radius 2 is 1.95 bits per heavy atom. The monoisotopic (exact) mass is 280 g/mol. The van der Waals surface area contributed by atoms with Crippen LogP contribution in [0.15, 0.2) is 0 Å². The summed E-state index contributed by atoms with van der Waals surface area (Å²) in [5, 5.41) is 0. The summed E-state index contributed by atoms with van der Waals surface area (Å²) in [5.74, 6) is 0.277. The van der Waals surface area contributed by atoms with Crippen LogP contribution >= 0.6 is 0 Å². The summed E-state index contributed by atoms with van der Waals surface area (Å²) in [4.78, 5) is 28.2. The average Bonchev–Trinajstić information content (AvgIpc) is 2.50. The smallest absolute Gasteiger partial charge is 0.245 e. The van der Waals surface area contributed by atoms with E-state index in [1.807, 2.05) is 0 Å². The van der Waals surface area contributed by atoms with E-state index in [0.29, 0.717) is 6.54 Å². The third-order valence-corrected chi connectivity index (χ3v) is 4.74. The lowest BCUT2D eigenvalue weighted by molar-refractivity contribution is -0.158. The molecule has 3 saturated heterocycles. The molecule has 0 radical (unpaired) electrons. The molecular weight excluding hydrogens is 256 g/mol. The molecule has 0 aromatic rings. The Bertz CT molecular complexity index is 379. The van der Waals surface area contributed by atoms with Crippen LogP contribution in [0.25, 0.3) is 0 Å². The van der Waals surface area contributed by atoms with Crippen molar-refractivity contribution in [3.8, 4) is 0 Å². The van der Waals surface area contributed by atoms with Crippen LogP contribution in [0.4, 0.5) is 0 Å². The molecule has 0 saturated carbocycles. The molecule has 0 aromatic carbocycles. The third kappa shape index (κ3) is 2.82. The van der Waals surface area contributed by atoms with Gasteiger partial charge >= 0.3 is 0 Å². The SMILES string of the molecule is O=C1C2CCCCN2C(=O)CN1CCC1CCCCO1. The summed E-state index contributed by atoms with van der Waals surface area (Å²) in [6.07, 6.45) is 7.52. The molecule has 5 nitrogen and oxygen atoms in total. The number of hydrogen-bond donors (Lipinski definition) is 0. The number of piperidine rings is 1. The molecule has 2 unspecified atom stereocenters. The summed E-state index contributed by atoms with van der Waals surface area (Å²) >= 11 is 0. The Morgan fingerprint density at radius 3 is 2.75 bits per heavy atom. The highest BCUT2D eigenvalue weighted by atomic mass is 16.5. The Morgan fingerprint density at radius 1 is 1.10 bits per heavy atom. The Labute approximate surface area is 120 Å². The third-order valence-electron chi connectivity index (χ3n) is 4.74. The Hall–Kier alpha value is -1.10. The zero-order valence-corrected chi connectivity index (χ0v) is 12.1. The van der Waals surface area contributed by atoms with Gasteiger partial charge in [-0.3, -0.25) is 9.59 Å². The van der Waals surface area contributed by atoms with Gasteiger partial charge in [0.2, 0.25) is 11.8 Å². The zero-order valence-electron chi connectivity index (χ0n) is 12.1. The lowest BCUT2D eigenvalue weighted by atomic mass is 9.98. The molecule has 0 spiro atoms. The number of carbonyl (C=O) groups is 2. The van der Waals surface area contributed by atoms with Crippen molar-refractivity contribution >= 4 is 11.8 Å². The molecule has 2 atom stereocenters. The van der Waals surface area contributed by atoms with Gasteiger partial charge in [-0.25, -0.2) is 0 Å². The van der Waals surface area contributed by atoms with Gasteiger partial charge in [0, 0.05) is 19.7 Å². The van der Waals surface area contributed by atoms with Crippen molar-refractivity contribution in [2.75, 3.05) is 26.2 Å². The van der Waals surface area contributed by atoms with Gasteiger partial charge in [0.1, 0.15) is 6.04 Å². The van der Waals surface area contributed by atoms with Crippen molar-refractivity contribution in [2.24, 2.45) is 0 Å². The van der Waals surface area contributed by atoms with Crippen molar-refractivity contribution in [1.29, 1.82) is 0 Å². The lowest BCUT2D eigenvalue weighted by Crippen LogP contribution is -2.61. The van der Waals surface area contributed by atoms with Gasteiger partial charge in [-0.15, -0.1) is 0 Å². The van der Waals surface area contributed by atoms with Crippen LogP contribution in [0.1, 0.15) is 44.9 Å². The first kappa shape index (κ1) is 13.9. The van der Waals surface area contributed by atoms with E-state index < -0.39 is 0 Å². The number of piperazine rings is 1. The molecule has 2 amide bonds. The summed E-state index contributed by atoms with van der Waals surface area (Å²) in [7, 11) is 0. The predicted molar refractivity (Wildman–Crippen MR) is 74.1 cm³/mol. The molecule has 0 aromatic heterocycles. The minimum Gasteiger partial charge on any atom is -0.378 e. The quantitative estimate of drug-likeness (QED) is 0.780. The van der Waals surface area contributed by atoms with Crippen LogP contribution in [0.2, 0.25) is 0 Å². The van der Waals surface area contributed by atoms with E-state index >= 15 is 0 Å². The molecule has 3 aliphatic rings. The van der Waals surface area contributed by atoms with Crippen molar-refractivity contribution in [3.63, 3.8) is 0 Å². The Kier molecular flexibility index (Phi) is 4.24. The van der Waals surface area contributed by atoms with Crippen LogP contribution in [-0.4, -0.2) is 60.0 Å². The molecule has 112 valence electrons. The number of ether oxygens (including phenoxy) is 1. The second kappa shape index (κ2) is 6.12. The van der Waals surface area contributed by atoms with Crippen molar-refractivity contribution in [1.82, 2.24) is 9.80 Å². The number of carbonyl (C=O) groups excluding carboxylic acids is 2. The Balaban J connectivity index is 1.56. The maximum atomic E-state index is 12.5. The molecular formula is C15H24N2O3. The van der Waals surface area contributed by atoms with Crippen LogP contribution in [0, 0.1) is 0 Å². The van der Waals surface area contributed by atoms with Crippen molar-refractivity contribution < 1.29 is 14.3 Å². The van der Waals surface area contributed by atoms with Crippen molar-refractivity contribution in [3.05, 3.63) is 0 Å². The molecule has 3 heterocycles. The molecule has 5 heteroatoms. The second-order valence-electron chi connectivity index (χ2n) is 6.14. The lowest BCUT2D eigenvalue weighted by Gasteiger charge is -2.43. The van der Waals surface area contributed by atoms with E-state index in [1.165, 1.54) is 6.42 Å². The highest BCUT2D eigenvalue weighted by Crippen LogP contribution is 2.24. The topological polar surface area (TPSA) is 49.9 Å². The summed E-state index contributed by atoms with van der Waals surface area (Å²) in [6, 6.07) is -0.183. The fraction of sp³-hybridized carbons (Fsp3) is 0.867. The molecule has 0 bridgehead atoms. The molecule has 3 rings (SSSR count). The molecule has 20 heavy (non-hydrogen) atoms. The van der Waals surface area contributed by atoms with Gasteiger partial charge in [0.15, 0.2) is 0 Å². The minimum atomic E-state index is -0.183. The predicted octanol–water partition coefficient (Wildman–Crippen LogP) is 1.17. The summed E-state index contributed by atoms with van der Waals surface area (Å²) in [6.45, 7) is 2.53. The van der Waals surface area contributed by atoms with Crippen LogP contribution in [0.3, 0.4) is 0 Å². The van der Waals surface area contributed by atoms with E-state index in [4.69, 9.17) is 4.74 Å². The first-order valence-corrected chi connectivity index (χ1v) is 7.95. The highest BCUT2D eigenvalue weighted by molar-refractivity contribution is 5.95. The van der Waals surface area contributed by atoms with Crippen LogP contribution < -0.4 is 0 Å². The number of hydrogen-bond acceptors (Lipinski definition) is 3. The fourth-order valence-electron chi connectivity index (χ4n) is 3.55. The highest BCUT2D eigenvalue weighted by Gasteiger charge is 2.40. The maximum Gasteiger partial charge on any atom is 0.245 e. The number of amides is 2. The van der Waals surface area contributed by atoms with E-state index in [0.717, 1.165) is 51.7 Å². The van der Waals surface area contributed by atoms with Crippen LogP contribution in [-0.2, 0) is 14.3 Å². The number of fused-ring (bicyclic) bond motifs is 1. The van der Waals surface area contributed by atoms with E-state index in [2.05, 4.69) is 0 Å². The fourth-order valence-corrected chi connectivity index (χ4v) is 3.55. The number of nitrogens with zero attached hydrogens (tertiary/aromatic N) is 2. The van der Waals surface area contributed by atoms with E-state index in [-0.39, 0.29) is 30.5 Å². The molecule has 0 aliphatic carbocycles. The second-order valence-corrected chi connectivity index (χ2v) is 6.14. The summed E-state index contributed by atoms with van der Waals surface area (Å²) < 4.78 is 5.70. The molecule has 3 fully saturated rings. The van der Waals surface area contributed by atoms with Crippen LogP contribution in [0.5, 0.6) is 0 Å². The standard InChI is InChI=1S/C15H24N2O3/c18-14-11-16(9-7-12-5-2-4-10-20-12)15(19)13-6-1-3-8-17(13)14/h12-13H,1-11H2. The summed E-state index contributed by atoms with van der Waals surface area (Å²) in [5.41, 5.74) is 0. The number of rotatable bonds is 3. The molecule has 0 N–H and O–H groups in total. The largest absolute Gasteiger partial charge is 0.378 e.